The molecule has 4 rings (SSSR count). The van der Waals surface area contributed by atoms with E-state index in [0.717, 1.165) is 42.0 Å². The number of anilines is 1. The van der Waals surface area contributed by atoms with Crippen molar-refractivity contribution in [3.8, 4) is 0 Å². The van der Waals surface area contributed by atoms with Gasteiger partial charge < -0.3 is 4.90 Å². The molecular weight excluding hydrogens is 267 g/mol. The Morgan fingerprint density at radius 3 is 2.86 bits per heavy atom. The van der Waals surface area contributed by atoms with Gasteiger partial charge in [0.05, 0.1) is 0 Å². The number of hydrogen-bond donors (Lipinski definition) is 0. The van der Waals surface area contributed by atoms with Crippen molar-refractivity contribution in [3.05, 3.63) is 59.7 Å². The number of fused-ring (bicyclic) bond motifs is 2. The molecule has 0 spiro atoms. The maximum Gasteiger partial charge on any atom is 0.180 e. The van der Waals surface area contributed by atoms with E-state index in [0.29, 0.717) is 5.65 Å². The molecule has 0 radical (unpaired) electrons. The van der Waals surface area contributed by atoms with Gasteiger partial charge in [-0.05, 0) is 41.8 Å². The van der Waals surface area contributed by atoms with Gasteiger partial charge in [0.15, 0.2) is 5.65 Å². The highest BCUT2D eigenvalue weighted by Crippen LogP contribution is 2.24. The molecule has 0 atom stereocenters. The summed E-state index contributed by atoms with van der Waals surface area (Å²) >= 11 is 0. The van der Waals surface area contributed by atoms with Gasteiger partial charge in [-0.15, -0.1) is 0 Å². The molecule has 0 unspecified atom stereocenters. The van der Waals surface area contributed by atoms with Crippen molar-refractivity contribution < 1.29 is 4.39 Å². The molecule has 3 aromatic rings. The summed E-state index contributed by atoms with van der Waals surface area (Å²) in [5, 5.41) is 0. The minimum atomic E-state index is -0.165. The van der Waals surface area contributed by atoms with E-state index in [4.69, 9.17) is 0 Å². The fourth-order valence-corrected chi connectivity index (χ4v) is 2.74. The van der Waals surface area contributed by atoms with Crippen LogP contribution in [0.3, 0.4) is 0 Å². The van der Waals surface area contributed by atoms with Crippen molar-refractivity contribution in [2.24, 2.45) is 0 Å². The highest BCUT2D eigenvalue weighted by atomic mass is 19.1. The standard InChI is InChI=1S/C16H13FN4/c17-13-2-1-12-10-21(8-5-11(12)9-13)15-4-3-14-16(20-15)19-7-6-18-14/h1-4,6-7,9H,5,8,10H2. The Kier molecular flexibility index (Phi) is 2.77. The summed E-state index contributed by atoms with van der Waals surface area (Å²) in [6.45, 7) is 1.57. The number of pyridine rings is 1. The summed E-state index contributed by atoms with van der Waals surface area (Å²) in [4.78, 5) is 15.2. The van der Waals surface area contributed by atoms with Gasteiger partial charge in [0.2, 0.25) is 0 Å². The highest BCUT2D eigenvalue weighted by molar-refractivity contribution is 5.71. The molecule has 2 aromatic heterocycles. The van der Waals surface area contributed by atoms with Crippen LogP contribution in [0.4, 0.5) is 10.2 Å². The van der Waals surface area contributed by atoms with E-state index in [-0.39, 0.29) is 5.82 Å². The summed E-state index contributed by atoms with van der Waals surface area (Å²) in [6.07, 6.45) is 4.13. The largest absolute Gasteiger partial charge is 0.352 e. The Morgan fingerprint density at radius 1 is 1.00 bits per heavy atom. The first-order valence-electron chi connectivity index (χ1n) is 6.90. The van der Waals surface area contributed by atoms with Gasteiger partial charge in [0.1, 0.15) is 17.2 Å². The fraction of sp³-hybridized carbons (Fsp3) is 0.188. The van der Waals surface area contributed by atoms with Gasteiger partial charge in [-0.25, -0.2) is 14.4 Å². The Balaban J connectivity index is 1.68. The Labute approximate surface area is 121 Å². The predicted molar refractivity (Wildman–Crippen MR) is 78.5 cm³/mol. The Morgan fingerprint density at radius 2 is 1.90 bits per heavy atom. The van der Waals surface area contributed by atoms with Crippen LogP contribution in [0.5, 0.6) is 0 Å². The second kappa shape index (κ2) is 4.77. The number of nitrogens with zero attached hydrogens (tertiary/aromatic N) is 4. The number of halogens is 1. The molecule has 0 saturated heterocycles. The SMILES string of the molecule is Fc1ccc2c(c1)CCN(c1ccc3nccnc3n1)C2. The minimum absolute atomic E-state index is 0.165. The van der Waals surface area contributed by atoms with Crippen LogP contribution in [0.1, 0.15) is 11.1 Å². The van der Waals surface area contributed by atoms with Crippen LogP contribution in [0.15, 0.2) is 42.7 Å². The topological polar surface area (TPSA) is 41.9 Å². The zero-order valence-electron chi connectivity index (χ0n) is 11.3. The van der Waals surface area contributed by atoms with Gasteiger partial charge in [0.25, 0.3) is 0 Å². The molecule has 21 heavy (non-hydrogen) atoms. The van der Waals surface area contributed by atoms with E-state index in [1.165, 1.54) is 6.07 Å². The van der Waals surface area contributed by atoms with E-state index in [2.05, 4.69) is 19.9 Å². The lowest BCUT2D eigenvalue weighted by molar-refractivity contribution is 0.618. The third-order valence-corrected chi connectivity index (χ3v) is 3.82. The fourth-order valence-electron chi connectivity index (χ4n) is 2.74. The van der Waals surface area contributed by atoms with Crippen LogP contribution in [0, 0.1) is 5.82 Å². The smallest absolute Gasteiger partial charge is 0.180 e. The second-order valence-corrected chi connectivity index (χ2v) is 5.15. The van der Waals surface area contributed by atoms with E-state index in [1.54, 1.807) is 18.5 Å². The quantitative estimate of drug-likeness (QED) is 0.687. The summed E-state index contributed by atoms with van der Waals surface area (Å²) in [5.41, 5.74) is 3.69. The van der Waals surface area contributed by atoms with Crippen molar-refractivity contribution >= 4 is 17.0 Å². The Bertz CT molecular complexity index is 818. The van der Waals surface area contributed by atoms with Crippen molar-refractivity contribution in [2.75, 3.05) is 11.4 Å². The van der Waals surface area contributed by atoms with Crippen molar-refractivity contribution in [2.45, 2.75) is 13.0 Å². The van der Waals surface area contributed by atoms with Crippen LogP contribution in [0.2, 0.25) is 0 Å². The first-order valence-corrected chi connectivity index (χ1v) is 6.90. The van der Waals surface area contributed by atoms with Crippen LogP contribution < -0.4 is 4.90 Å². The average molecular weight is 280 g/mol. The summed E-state index contributed by atoms with van der Waals surface area (Å²) in [6, 6.07) is 8.90. The van der Waals surface area contributed by atoms with Crippen molar-refractivity contribution in [1.82, 2.24) is 15.0 Å². The second-order valence-electron chi connectivity index (χ2n) is 5.15. The van der Waals surface area contributed by atoms with Gasteiger partial charge >= 0.3 is 0 Å². The molecule has 0 amide bonds. The lowest BCUT2D eigenvalue weighted by Crippen LogP contribution is -2.31. The molecule has 3 heterocycles. The lowest BCUT2D eigenvalue weighted by atomic mass is 10.00. The summed E-state index contributed by atoms with van der Waals surface area (Å²) in [5.74, 6) is 0.722. The number of aromatic nitrogens is 3. The Hall–Kier alpha value is -2.56. The predicted octanol–water partition coefficient (Wildman–Crippen LogP) is 2.73. The van der Waals surface area contributed by atoms with E-state index in [1.807, 2.05) is 18.2 Å². The lowest BCUT2D eigenvalue weighted by Gasteiger charge is -2.29. The van der Waals surface area contributed by atoms with Gasteiger partial charge in [-0.3, -0.25) is 4.98 Å². The number of benzene rings is 1. The molecule has 1 aliphatic heterocycles. The van der Waals surface area contributed by atoms with Gasteiger partial charge in [-0.1, -0.05) is 6.07 Å². The molecule has 0 bridgehead atoms. The normalized spacial score (nSPS) is 14.2. The monoisotopic (exact) mass is 280 g/mol. The van der Waals surface area contributed by atoms with Crippen molar-refractivity contribution in [3.63, 3.8) is 0 Å². The van der Waals surface area contributed by atoms with Gasteiger partial charge in [-0.2, -0.15) is 0 Å². The summed E-state index contributed by atoms with van der Waals surface area (Å²) < 4.78 is 13.2. The maximum absolute atomic E-state index is 13.2. The molecule has 0 saturated carbocycles. The zero-order chi connectivity index (χ0) is 14.2. The number of hydrogen-bond acceptors (Lipinski definition) is 4. The third-order valence-electron chi connectivity index (χ3n) is 3.82. The van der Waals surface area contributed by atoms with E-state index >= 15 is 0 Å². The first-order chi connectivity index (χ1) is 10.3. The van der Waals surface area contributed by atoms with Crippen LogP contribution in [-0.4, -0.2) is 21.5 Å². The third kappa shape index (κ3) is 2.20. The first kappa shape index (κ1) is 12.2. The maximum atomic E-state index is 13.2. The van der Waals surface area contributed by atoms with Crippen molar-refractivity contribution in [1.29, 1.82) is 0 Å². The molecule has 5 heteroatoms. The molecule has 4 nitrogen and oxygen atoms in total. The van der Waals surface area contributed by atoms with E-state index < -0.39 is 0 Å². The van der Waals surface area contributed by atoms with Gasteiger partial charge in [0, 0.05) is 25.5 Å². The molecule has 0 N–H and O–H groups in total. The molecule has 1 aliphatic rings. The molecule has 0 aliphatic carbocycles. The number of rotatable bonds is 1. The van der Waals surface area contributed by atoms with Crippen LogP contribution in [0.25, 0.3) is 11.2 Å². The average Bonchev–Trinajstić information content (AvgIpc) is 2.54. The van der Waals surface area contributed by atoms with E-state index in [9.17, 15) is 4.39 Å². The van der Waals surface area contributed by atoms with Crippen LogP contribution >= 0.6 is 0 Å². The minimum Gasteiger partial charge on any atom is -0.352 e. The van der Waals surface area contributed by atoms with Crippen LogP contribution in [-0.2, 0) is 13.0 Å². The molecule has 1 aromatic carbocycles. The molecular formula is C16H13FN4. The zero-order valence-corrected chi connectivity index (χ0v) is 11.3. The highest BCUT2D eigenvalue weighted by Gasteiger charge is 2.18. The molecule has 0 fully saturated rings. The summed E-state index contributed by atoms with van der Waals surface area (Å²) in [7, 11) is 0. The molecule has 104 valence electrons.